The molecule has 0 amide bonds. The van der Waals surface area contributed by atoms with Crippen molar-refractivity contribution in [3.63, 3.8) is 0 Å². The van der Waals surface area contributed by atoms with Gasteiger partial charge in [0.25, 0.3) is 0 Å². The minimum absolute atomic E-state index is 0.319. The number of nitrogens with one attached hydrogen (secondary N) is 1. The van der Waals surface area contributed by atoms with Crippen LogP contribution in [0.1, 0.15) is 48.2 Å². The smallest absolute Gasteiger partial charge is 0.125 e. The fourth-order valence-corrected chi connectivity index (χ4v) is 5.08. The van der Waals surface area contributed by atoms with Crippen molar-refractivity contribution in [2.75, 3.05) is 26.7 Å². The van der Waals surface area contributed by atoms with Gasteiger partial charge in [-0.05, 0) is 44.0 Å². The molecule has 0 aliphatic carbocycles. The van der Waals surface area contributed by atoms with Gasteiger partial charge in [0.1, 0.15) is 17.1 Å². The van der Waals surface area contributed by atoms with E-state index in [1.165, 1.54) is 0 Å². The number of benzene rings is 2. The number of likely N-dealkylation sites (tertiary alicyclic amines) is 1. The highest BCUT2D eigenvalue weighted by Gasteiger charge is 2.43. The molecule has 2 unspecified atom stereocenters. The van der Waals surface area contributed by atoms with Gasteiger partial charge >= 0.3 is 0 Å². The van der Waals surface area contributed by atoms with Crippen LogP contribution in [0.3, 0.4) is 0 Å². The van der Waals surface area contributed by atoms with Gasteiger partial charge in [0, 0.05) is 60.3 Å². The standard InChI is InChI=1S/C25H30N2O4/c1-16-3-6-24-19(11-16)22(28)13-25(31-24)7-9-27(10-8-25)15-23(29)20-14-26-21-12-17(30-2)4-5-18(20)21/h3-6,11-12,14,22-23,26,28-29H,7-10,13,15H2,1-2H3. The molecule has 164 valence electrons. The van der Waals surface area contributed by atoms with Crippen LogP contribution in [0.5, 0.6) is 11.5 Å². The number of nitrogens with zero attached hydrogens (tertiary/aromatic N) is 1. The number of fused-ring (bicyclic) bond motifs is 2. The van der Waals surface area contributed by atoms with E-state index in [-0.39, 0.29) is 5.60 Å². The minimum Gasteiger partial charge on any atom is -0.497 e. The molecule has 0 radical (unpaired) electrons. The SMILES string of the molecule is COc1ccc2c(C(O)CN3CCC4(CC3)CC(O)c3cc(C)ccc3O4)c[nH]c2c1. The van der Waals surface area contributed by atoms with Gasteiger partial charge in [0.2, 0.25) is 0 Å². The van der Waals surface area contributed by atoms with Crippen molar-refractivity contribution < 1.29 is 19.7 Å². The van der Waals surface area contributed by atoms with Crippen molar-refractivity contribution in [1.29, 1.82) is 0 Å². The summed E-state index contributed by atoms with van der Waals surface area (Å²) in [6.07, 6.45) is 3.15. The third-order valence-electron chi connectivity index (χ3n) is 6.89. The average molecular weight is 423 g/mol. The van der Waals surface area contributed by atoms with Crippen molar-refractivity contribution in [2.45, 2.75) is 44.0 Å². The first-order valence-corrected chi connectivity index (χ1v) is 11.0. The van der Waals surface area contributed by atoms with Crippen LogP contribution in [0, 0.1) is 6.92 Å². The van der Waals surface area contributed by atoms with Crippen molar-refractivity contribution in [3.8, 4) is 11.5 Å². The van der Waals surface area contributed by atoms with E-state index in [9.17, 15) is 10.2 Å². The second-order valence-corrected chi connectivity index (χ2v) is 9.02. The molecule has 0 saturated carbocycles. The molecule has 5 rings (SSSR count). The highest BCUT2D eigenvalue weighted by molar-refractivity contribution is 5.84. The van der Waals surface area contributed by atoms with Crippen LogP contribution in [0.2, 0.25) is 0 Å². The molecular weight excluding hydrogens is 392 g/mol. The second-order valence-electron chi connectivity index (χ2n) is 9.02. The molecule has 1 saturated heterocycles. The predicted molar refractivity (Wildman–Crippen MR) is 120 cm³/mol. The third kappa shape index (κ3) is 3.80. The van der Waals surface area contributed by atoms with Crippen LogP contribution >= 0.6 is 0 Å². The minimum atomic E-state index is -0.572. The number of hydrogen-bond donors (Lipinski definition) is 3. The Hall–Kier alpha value is -2.54. The molecule has 1 spiro atoms. The Kier molecular flexibility index (Phi) is 5.16. The number of piperidine rings is 1. The van der Waals surface area contributed by atoms with Gasteiger partial charge in [-0.3, -0.25) is 0 Å². The molecule has 6 nitrogen and oxygen atoms in total. The molecule has 3 N–H and O–H groups in total. The molecule has 2 aromatic carbocycles. The summed E-state index contributed by atoms with van der Waals surface area (Å²) in [7, 11) is 1.65. The Labute approximate surface area is 182 Å². The number of aryl methyl sites for hydroxylation is 1. The first-order chi connectivity index (χ1) is 15.0. The fraction of sp³-hybridized carbons (Fsp3) is 0.440. The van der Waals surface area contributed by atoms with Gasteiger partial charge in [0.05, 0.1) is 19.3 Å². The molecule has 1 aromatic heterocycles. The summed E-state index contributed by atoms with van der Waals surface area (Å²) < 4.78 is 11.7. The molecule has 2 aliphatic heterocycles. The maximum Gasteiger partial charge on any atom is 0.125 e. The van der Waals surface area contributed by atoms with Crippen LogP contribution in [-0.2, 0) is 0 Å². The highest BCUT2D eigenvalue weighted by Crippen LogP contribution is 2.44. The predicted octanol–water partition coefficient (Wildman–Crippen LogP) is 3.87. The lowest BCUT2D eigenvalue weighted by Crippen LogP contribution is -2.51. The van der Waals surface area contributed by atoms with Crippen LogP contribution < -0.4 is 9.47 Å². The van der Waals surface area contributed by atoms with E-state index >= 15 is 0 Å². The van der Waals surface area contributed by atoms with Crippen molar-refractivity contribution in [3.05, 3.63) is 59.3 Å². The van der Waals surface area contributed by atoms with Crippen LogP contribution in [0.25, 0.3) is 10.9 Å². The van der Waals surface area contributed by atoms with Crippen LogP contribution in [0.15, 0.2) is 42.6 Å². The molecule has 31 heavy (non-hydrogen) atoms. The Morgan fingerprint density at radius 3 is 2.81 bits per heavy atom. The van der Waals surface area contributed by atoms with Gasteiger partial charge in [-0.1, -0.05) is 11.6 Å². The van der Waals surface area contributed by atoms with Gasteiger partial charge in [-0.25, -0.2) is 0 Å². The Bertz CT molecular complexity index is 1080. The number of rotatable bonds is 4. The fourth-order valence-electron chi connectivity index (χ4n) is 5.08. The summed E-state index contributed by atoms with van der Waals surface area (Å²) in [4.78, 5) is 5.53. The molecule has 6 heteroatoms. The van der Waals surface area contributed by atoms with E-state index in [1.807, 2.05) is 49.5 Å². The first kappa shape index (κ1) is 20.4. The molecule has 2 aliphatic rings. The molecule has 2 atom stereocenters. The number of aliphatic hydroxyl groups is 2. The number of aromatic nitrogens is 1. The lowest BCUT2D eigenvalue weighted by molar-refractivity contribution is -0.0587. The highest BCUT2D eigenvalue weighted by atomic mass is 16.5. The van der Waals surface area contributed by atoms with Crippen molar-refractivity contribution in [1.82, 2.24) is 9.88 Å². The van der Waals surface area contributed by atoms with Crippen molar-refractivity contribution in [2.24, 2.45) is 0 Å². The number of H-pyrrole nitrogens is 1. The summed E-state index contributed by atoms with van der Waals surface area (Å²) in [6, 6.07) is 11.9. The lowest BCUT2D eigenvalue weighted by Gasteiger charge is -2.46. The molecule has 3 aromatic rings. The molecule has 3 heterocycles. The topological polar surface area (TPSA) is 78.0 Å². The number of hydrogen-bond acceptors (Lipinski definition) is 5. The molecular formula is C25H30N2O4. The number of ether oxygens (including phenoxy) is 2. The van der Waals surface area contributed by atoms with E-state index in [0.717, 1.165) is 65.0 Å². The monoisotopic (exact) mass is 422 g/mol. The second kappa shape index (κ2) is 7.86. The zero-order chi connectivity index (χ0) is 21.6. The summed E-state index contributed by atoms with van der Waals surface area (Å²) in [5.74, 6) is 1.61. The number of aliphatic hydroxyl groups excluding tert-OH is 2. The zero-order valence-electron chi connectivity index (χ0n) is 18.1. The lowest BCUT2D eigenvalue weighted by atomic mass is 9.81. The number of β-amino-alcohol motifs (C(OH)–C–C–N with tert-alkyl or cyclic N) is 1. The van der Waals surface area contributed by atoms with E-state index < -0.39 is 12.2 Å². The summed E-state index contributed by atoms with van der Waals surface area (Å²) in [6.45, 7) is 4.28. The summed E-state index contributed by atoms with van der Waals surface area (Å²) in [5.41, 5.74) is 3.59. The summed E-state index contributed by atoms with van der Waals surface area (Å²) >= 11 is 0. The quantitative estimate of drug-likeness (QED) is 0.595. The number of methoxy groups -OCH3 is 1. The van der Waals surface area contributed by atoms with E-state index in [0.29, 0.717) is 13.0 Å². The van der Waals surface area contributed by atoms with E-state index in [1.54, 1.807) is 7.11 Å². The van der Waals surface area contributed by atoms with Gasteiger partial charge in [0.15, 0.2) is 0 Å². The Morgan fingerprint density at radius 1 is 1.23 bits per heavy atom. The van der Waals surface area contributed by atoms with Crippen LogP contribution in [-0.4, -0.2) is 52.4 Å². The third-order valence-corrected chi connectivity index (χ3v) is 6.89. The normalized spacial score (nSPS) is 21.6. The van der Waals surface area contributed by atoms with E-state index in [2.05, 4.69) is 9.88 Å². The zero-order valence-corrected chi connectivity index (χ0v) is 18.1. The maximum atomic E-state index is 10.9. The molecule has 0 bridgehead atoms. The molecule has 1 fully saturated rings. The summed E-state index contributed by atoms with van der Waals surface area (Å²) in [5, 5.41) is 22.7. The average Bonchev–Trinajstić information content (AvgIpc) is 3.19. The van der Waals surface area contributed by atoms with Crippen molar-refractivity contribution >= 4 is 10.9 Å². The maximum absolute atomic E-state index is 10.9. The number of aromatic amines is 1. The first-order valence-electron chi connectivity index (χ1n) is 11.0. The van der Waals surface area contributed by atoms with Gasteiger partial charge in [-0.15, -0.1) is 0 Å². The largest absolute Gasteiger partial charge is 0.497 e. The Balaban J connectivity index is 1.25. The Morgan fingerprint density at radius 2 is 2.03 bits per heavy atom. The van der Waals surface area contributed by atoms with E-state index in [4.69, 9.17) is 9.47 Å². The van der Waals surface area contributed by atoms with Gasteiger partial charge < -0.3 is 29.6 Å². The van der Waals surface area contributed by atoms with Crippen LogP contribution in [0.4, 0.5) is 0 Å². The van der Waals surface area contributed by atoms with Gasteiger partial charge in [-0.2, -0.15) is 0 Å².